The van der Waals surface area contributed by atoms with E-state index in [0.717, 1.165) is 42.6 Å². The predicted molar refractivity (Wildman–Crippen MR) is 95.3 cm³/mol. The van der Waals surface area contributed by atoms with Crippen LogP contribution in [-0.4, -0.2) is 10.7 Å². The summed E-state index contributed by atoms with van der Waals surface area (Å²) in [5.74, 6) is 1.67. The molecule has 0 spiro atoms. The van der Waals surface area contributed by atoms with Crippen LogP contribution in [0.4, 0.5) is 0 Å². The quantitative estimate of drug-likeness (QED) is 0.567. The number of fused-ring (bicyclic) bond motifs is 3. The van der Waals surface area contributed by atoms with Crippen LogP contribution in [0.15, 0.2) is 23.8 Å². The zero-order valence-corrected chi connectivity index (χ0v) is 14.5. The molecule has 1 heterocycles. The zero-order chi connectivity index (χ0) is 19.1. The fraction of sp³-hybridized carbons (Fsp3) is 0.619. The van der Waals surface area contributed by atoms with Crippen molar-refractivity contribution in [1.82, 2.24) is 0 Å². The van der Waals surface area contributed by atoms with Gasteiger partial charge in [-0.2, -0.15) is 0 Å². The van der Waals surface area contributed by atoms with Gasteiger partial charge >= 0.3 is 0 Å². The topological polar surface area (TPSA) is 29.5 Å². The van der Waals surface area contributed by atoms with E-state index in [4.69, 9.17) is 8.85 Å². The van der Waals surface area contributed by atoms with Crippen molar-refractivity contribution >= 4 is 0 Å². The molecule has 1 aromatic rings. The van der Waals surface area contributed by atoms with Gasteiger partial charge in [0.1, 0.15) is 17.1 Å². The van der Waals surface area contributed by atoms with E-state index in [0.29, 0.717) is 18.1 Å². The van der Waals surface area contributed by atoms with E-state index >= 15 is 0 Å². The first kappa shape index (κ1) is 12.9. The summed E-state index contributed by atoms with van der Waals surface area (Å²) in [6.45, 7) is 4.59. The first-order valence-electron chi connectivity index (χ1n) is 10.3. The Kier molecular flexibility index (Phi) is 3.49. The maximum atomic E-state index is 10.7. The van der Waals surface area contributed by atoms with Gasteiger partial charge in [0.05, 0.1) is 0 Å². The lowest BCUT2D eigenvalue weighted by molar-refractivity contribution is 0.0107. The largest absolute Gasteiger partial charge is 0.507 e. The summed E-state index contributed by atoms with van der Waals surface area (Å²) >= 11 is 0. The van der Waals surface area contributed by atoms with E-state index in [1.165, 1.54) is 5.57 Å². The van der Waals surface area contributed by atoms with Gasteiger partial charge in [-0.15, -0.1) is 0 Å². The van der Waals surface area contributed by atoms with Gasteiger partial charge in [0.25, 0.3) is 0 Å². The van der Waals surface area contributed by atoms with Crippen molar-refractivity contribution in [3.05, 3.63) is 34.9 Å². The summed E-state index contributed by atoms with van der Waals surface area (Å²) < 4.78 is 28.2. The van der Waals surface area contributed by atoms with Crippen molar-refractivity contribution in [2.75, 3.05) is 0 Å². The highest BCUT2D eigenvalue weighted by molar-refractivity contribution is 5.53. The van der Waals surface area contributed by atoms with Crippen molar-refractivity contribution < 1.29 is 14.0 Å². The molecule has 3 rings (SSSR count). The first-order chi connectivity index (χ1) is 12.1. The molecule has 1 aliphatic carbocycles. The molecule has 2 aliphatic rings. The smallest absolute Gasteiger partial charge is 0.127 e. The maximum Gasteiger partial charge on any atom is 0.127 e. The third-order valence-electron chi connectivity index (χ3n) is 5.42. The molecule has 2 heteroatoms. The number of benzene rings is 1. The summed E-state index contributed by atoms with van der Waals surface area (Å²) in [6, 6.07) is 3.88. The van der Waals surface area contributed by atoms with Gasteiger partial charge in [-0.05, 0) is 64.2 Å². The van der Waals surface area contributed by atoms with Crippen LogP contribution >= 0.6 is 0 Å². The Labute approximate surface area is 144 Å². The molecule has 126 valence electrons. The molecular formula is C21H30O2. The molecule has 1 aliphatic heterocycles. The van der Waals surface area contributed by atoms with Crippen LogP contribution in [0.5, 0.6) is 11.5 Å². The highest BCUT2D eigenvalue weighted by atomic mass is 16.5. The van der Waals surface area contributed by atoms with E-state index in [-0.39, 0.29) is 17.9 Å². The summed E-state index contributed by atoms with van der Waals surface area (Å²) in [5.41, 5.74) is 3.04. The summed E-state index contributed by atoms with van der Waals surface area (Å²) in [4.78, 5) is 0. The molecule has 0 saturated carbocycles. The average Bonchev–Trinajstić information content (AvgIpc) is 2.49. The van der Waals surface area contributed by atoms with Crippen LogP contribution in [0.2, 0.25) is 0 Å². The second-order valence-corrected chi connectivity index (χ2v) is 7.62. The van der Waals surface area contributed by atoms with Crippen LogP contribution in [0.3, 0.4) is 0 Å². The van der Waals surface area contributed by atoms with Gasteiger partial charge in [-0.3, -0.25) is 0 Å². The number of hydrogen-bond acceptors (Lipinski definition) is 2. The van der Waals surface area contributed by atoms with Gasteiger partial charge in [0.2, 0.25) is 0 Å². The SMILES string of the molecule is [2H]C([2H])([2H])CCCCc1cc(O)c2c(c1)OC(C)(C)C1CCC(C)=CC21. The maximum absolute atomic E-state index is 10.7. The Morgan fingerprint density at radius 1 is 1.35 bits per heavy atom. The van der Waals surface area contributed by atoms with E-state index in [9.17, 15) is 5.11 Å². The fourth-order valence-electron chi connectivity index (χ4n) is 4.18. The molecule has 23 heavy (non-hydrogen) atoms. The molecule has 2 nitrogen and oxygen atoms in total. The van der Waals surface area contributed by atoms with Gasteiger partial charge in [0.15, 0.2) is 0 Å². The number of aromatic hydroxyl groups is 1. The normalized spacial score (nSPS) is 27.6. The van der Waals surface area contributed by atoms with Crippen LogP contribution in [0.1, 0.15) is 80.9 Å². The lowest BCUT2D eigenvalue weighted by Gasteiger charge is -2.46. The van der Waals surface area contributed by atoms with Crippen LogP contribution < -0.4 is 4.74 Å². The lowest BCUT2D eigenvalue weighted by Crippen LogP contribution is -2.45. The number of unbranched alkanes of at least 4 members (excludes halogenated alkanes) is 1. The minimum atomic E-state index is -1.86. The highest BCUT2D eigenvalue weighted by Crippen LogP contribution is 2.53. The second kappa shape index (κ2) is 6.22. The van der Waals surface area contributed by atoms with E-state index in [2.05, 4.69) is 26.8 Å². The van der Waals surface area contributed by atoms with E-state index < -0.39 is 6.85 Å². The number of aryl methyl sites for hydroxylation is 1. The number of phenols is 1. The van der Waals surface area contributed by atoms with Crippen molar-refractivity contribution in [2.45, 2.75) is 77.7 Å². The van der Waals surface area contributed by atoms with Crippen LogP contribution in [-0.2, 0) is 6.42 Å². The first-order valence-corrected chi connectivity index (χ1v) is 8.79. The van der Waals surface area contributed by atoms with Crippen LogP contribution in [0, 0.1) is 5.92 Å². The van der Waals surface area contributed by atoms with Gasteiger partial charge in [-0.25, -0.2) is 0 Å². The Bertz CT molecular complexity index is 704. The molecule has 2 unspecified atom stereocenters. The number of allylic oxidation sites excluding steroid dienone is 2. The number of rotatable bonds is 4. The van der Waals surface area contributed by atoms with Crippen molar-refractivity contribution in [3.63, 3.8) is 0 Å². The second-order valence-electron chi connectivity index (χ2n) is 7.62. The monoisotopic (exact) mass is 317 g/mol. The van der Waals surface area contributed by atoms with E-state index in [1.54, 1.807) is 0 Å². The minimum absolute atomic E-state index is 0.201. The average molecular weight is 317 g/mol. The third-order valence-corrected chi connectivity index (χ3v) is 5.42. The molecule has 0 aromatic heterocycles. The molecule has 0 amide bonds. The molecule has 2 atom stereocenters. The van der Waals surface area contributed by atoms with Crippen molar-refractivity contribution in [2.24, 2.45) is 5.92 Å². The molecule has 0 fully saturated rings. The Morgan fingerprint density at radius 2 is 2.17 bits per heavy atom. The Hall–Kier alpha value is -1.44. The highest BCUT2D eigenvalue weighted by Gasteiger charge is 2.45. The molecule has 0 radical (unpaired) electrons. The van der Waals surface area contributed by atoms with E-state index in [1.807, 2.05) is 12.1 Å². The third kappa shape index (κ3) is 3.13. The Balaban J connectivity index is 1.83. The summed E-state index contributed by atoms with van der Waals surface area (Å²) in [7, 11) is 0. The standard InChI is InChI=1S/C21H30O2/c1-5-6-7-8-15-12-18(22)20-16-11-14(2)9-10-17(16)21(3,4)23-19(20)13-15/h11-13,16-17,22H,5-10H2,1-4H3/i1D3. The van der Waals surface area contributed by atoms with Crippen molar-refractivity contribution in [3.8, 4) is 11.5 Å². The summed E-state index contributed by atoms with van der Waals surface area (Å²) in [5, 5.41) is 10.7. The predicted octanol–water partition coefficient (Wildman–Crippen LogP) is 5.74. The summed E-state index contributed by atoms with van der Waals surface area (Å²) in [6.07, 6.45) is 6.91. The number of phenolic OH excluding ortho intramolecular Hbond substituents is 1. The van der Waals surface area contributed by atoms with Crippen LogP contribution in [0.25, 0.3) is 0 Å². The van der Waals surface area contributed by atoms with Gasteiger partial charge < -0.3 is 9.84 Å². The fourth-order valence-corrected chi connectivity index (χ4v) is 4.18. The number of ether oxygens (including phenoxy) is 1. The molecule has 0 saturated heterocycles. The molecule has 0 bridgehead atoms. The molecule has 1 aromatic carbocycles. The lowest BCUT2D eigenvalue weighted by atomic mass is 9.68. The van der Waals surface area contributed by atoms with Gasteiger partial charge in [0, 0.05) is 21.5 Å². The Morgan fingerprint density at radius 3 is 2.96 bits per heavy atom. The minimum Gasteiger partial charge on any atom is -0.507 e. The van der Waals surface area contributed by atoms with Gasteiger partial charge in [-0.1, -0.05) is 31.3 Å². The molecule has 1 N–H and O–H groups in total. The number of hydrogen-bond donors (Lipinski definition) is 1. The zero-order valence-electron chi connectivity index (χ0n) is 17.5. The van der Waals surface area contributed by atoms with Crippen molar-refractivity contribution in [1.29, 1.82) is 0 Å². The molecular weight excluding hydrogens is 284 g/mol.